The van der Waals surface area contributed by atoms with Crippen molar-refractivity contribution in [2.45, 2.75) is 25.8 Å². The van der Waals surface area contributed by atoms with Crippen LogP contribution >= 0.6 is 0 Å². The van der Waals surface area contributed by atoms with Gasteiger partial charge in [0.15, 0.2) is 0 Å². The molecular weight excluding hydrogens is 158 g/mol. The SMILES string of the molecule is CCC(CO)NCCC(=O)OC. The van der Waals surface area contributed by atoms with Crippen LogP contribution < -0.4 is 5.32 Å². The van der Waals surface area contributed by atoms with Gasteiger partial charge in [0.05, 0.1) is 20.1 Å². The number of hydrogen-bond donors (Lipinski definition) is 2. The zero-order valence-corrected chi connectivity index (χ0v) is 7.67. The van der Waals surface area contributed by atoms with E-state index in [0.29, 0.717) is 13.0 Å². The molecule has 2 N–H and O–H groups in total. The van der Waals surface area contributed by atoms with Crippen LogP contribution in [0.15, 0.2) is 0 Å². The van der Waals surface area contributed by atoms with Crippen molar-refractivity contribution in [3.63, 3.8) is 0 Å². The maximum atomic E-state index is 10.6. The summed E-state index contributed by atoms with van der Waals surface area (Å²) in [5.74, 6) is -0.227. The molecule has 0 aromatic rings. The fourth-order valence-electron chi connectivity index (χ4n) is 0.818. The quantitative estimate of drug-likeness (QED) is 0.554. The number of esters is 1. The van der Waals surface area contributed by atoms with E-state index in [0.717, 1.165) is 6.42 Å². The standard InChI is InChI=1S/C8H17NO3/c1-3-7(6-10)9-5-4-8(11)12-2/h7,9-10H,3-6H2,1-2H3. The van der Waals surface area contributed by atoms with E-state index in [2.05, 4.69) is 10.1 Å². The van der Waals surface area contributed by atoms with Crippen molar-refractivity contribution in [1.82, 2.24) is 5.32 Å². The predicted octanol–water partition coefficient (Wildman–Crippen LogP) is -0.0900. The number of rotatable bonds is 6. The van der Waals surface area contributed by atoms with Gasteiger partial charge in [0.1, 0.15) is 0 Å². The van der Waals surface area contributed by atoms with Gasteiger partial charge in [0, 0.05) is 12.6 Å². The Morgan fingerprint density at radius 3 is 2.75 bits per heavy atom. The molecule has 0 aliphatic heterocycles. The highest BCUT2D eigenvalue weighted by molar-refractivity contribution is 5.69. The van der Waals surface area contributed by atoms with E-state index in [4.69, 9.17) is 5.11 Å². The van der Waals surface area contributed by atoms with Gasteiger partial charge >= 0.3 is 5.97 Å². The second kappa shape index (κ2) is 7.06. The minimum absolute atomic E-state index is 0.0923. The molecule has 0 saturated heterocycles. The number of ether oxygens (including phenoxy) is 1. The summed E-state index contributed by atoms with van der Waals surface area (Å²) < 4.78 is 4.46. The van der Waals surface area contributed by atoms with E-state index >= 15 is 0 Å². The lowest BCUT2D eigenvalue weighted by molar-refractivity contribution is -0.140. The lowest BCUT2D eigenvalue weighted by Gasteiger charge is -2.12. The van der Waals surface area contributed by atoms with Crippen LogP contribution in [0.4, 0.5) is 0 Å². The molecule has 0 fully saturated rings. The van der Waals surface area contributed by atoms with Crippen LogP contribution in [0.25, 0.3) is 0 Å². The summed E-state index contributed by atoms with van der Waals surface area (Å²) in [7, 11) is 1.37. The second-order valence-electron chi connectivity index (χ2n) is 2.57. The number of aliphatic hydroxyl groups excluding tert-OH is 1. The summed E-state index contributed by atoms with van der Waals surface area (Å²) in [6, 6.07) is 0.0923. The van der Waals surface area contributed by atoms with E-state index in [1.807, 2.05) is 6.92 Å². The molecule has 1 unspecified atom stereocenters. The molecule has 12 heavy (non-hydrogen) atoms. The van der Waals surface area contributed by atoms with Crippen molar-refractivity contribution in [3.8, 4) is 0 Å². The first-order valence-corrected chi connectivity index (χ1v) is 4.15. The summed E-state index contributed by atoms with van der Waals surface area (Å²) in [6.45, 7) is 2.65. The lowest BCUT2D eigenvalue weighted by atomic mass is 10.2. The molecular formula is C8H17NO3. The second-order valence-corrected chi connectivity index (χ2v) is 2.57. The first-order chi connectivity index (χ1) is 5.74. The average molecular weight is 175 g/mol. The van der Waals surface area contributed by atoms with Crippen LogP contribution in [-0.4, -0.2) is 37.4 Å². The topological polar surface area (TPSA) is 58.6 Å². The van der Waals surface area contributed by atoms with Crippen LogP contribution in [0.1, 0.15) is 19.8 Å². The first kappa shape index (κ1) is 11.4. The van der Waals surface area contributed by atoms with Gasteiger partial charge < -0.3 is 15.2 Å². The monoisotopic (exact) mass is 175 g/mol. The van der Waals surface area contributed by atoms with Crippen LogP contribution in [0.3, 0.4) is 0 Å². The Bertz CT molecular complexity index is 123. The average Bonchev–Trinajstić information content (AvgIpc) is 2.12. The van der Waals surface area contributed by atoms with Crippen LogP contribution in [0.5, 0.6) is 0 Å². The highest BCUT2D eigenvalue weighted by Gasteiger charge is 2.04. The highest BCUT2D eigenvalue weighted by Crippen LogP contribution is 1.89. The summed E-state index contributed by atoms with van der Waals surface area (Å²) in [4.78, 5) is 10.6. The summed E-state index contributed by atoms with van der Waals surface area (Å²) in [6.07, 6.45) is 1.21. The summed E-state index contributed by atoms with van der Waals surface area (Å²) >= 11 is 0. The Kier molecular flexibility index (Phi) is 6.70. The molecule has 0 radical (unpaired) electrons. The molecule has 0 aromatic heterocycles. The Balaban J connectivity index is 3.34. The fraction of sp³-hybridized carbons (Fsp3) is 0.875. The Morgan fingerprint density at radius 1 is 1.67 bits per heavy atom. The number of carbonyl (C=O) groups excluding carboxylic acids is 1. The van der Waals surface area contributed by atoms with Crippen LogP contribution in [0, 0.1) is 0 Å². The van der Waals surface area contributed by atoms with Crippen molar-refractivity contribution in [2.24, 2.45) is 0 Å². The minimum atomic E-state index is -0.227. The number of nitrogens with one attached hydrogen (secondary N) is 1. The van der Waals surface area contributed by atoms with Gasteiger partial charge in [-0.2, -0.15) is 0 Å². The summed E-state index contributed by atoms with van der Waals surface area (Å²) in [5, 5.41) is 11.8. The largest absolute Gasteiger partial charge is 0.469 e. The molecule has 0 bridgehead atoms. The highest BCUT2D eigenvalue weighted by atomic mass is 16.5. The van der Waals surface area contributed by atoms with Crippen molar-refractivity contribution in [2.75, 3.05) is 20.3 Å². The molecule has 0 spiro atoms. The van der Waals surface area contributed by atoms with E-state index < -0.39 is 0 Å². The maximum Gasteiger partial charge on any atom is 0.306 e. The third-order valence-corrected chi connectivity index (χ3v) is 1.70. The van der Waals surface area contributed by atoms with Crippen molar-refractivity contribution >= 4 is 5.97 Å². The van der Waals surface area contributed by atoms with Crippen molar-refractivity contribution in [3.05, 3.63) is 0 Å². The molecule has 1 atom stereocenters. The third kappa shape index (κ3) is 5.09. The number of carbonyl (C=O) groups is 1. The molecule has 0 heterocycles. The van der Waals surface area contributed by atoms with E-state index in [9.17, 15) is 4.79 Å². The Morgan fingerprint density at radius 2 is 2.33 bits per heavy atom. The normalized spacial score (nSPS) is 12.6. The zero-order valence-electron chi connectivity index (χ0n) is 7.67. The van der Waals surface area contributed by atoms with Gasteiger partial charge in [0.2, 0.25) is 0 Å². The molecule has 4 nitrogen and oxygen atoms in total. The molecule has 4 heteroatoms. The van der Waals surface area contributed by atoms with Gasteiger partial charge in [-0.3, -0.25) is 4.79 Å². The minimum Gasteiger partial charge on any atom is -0.469 e. The number of methoxy groups -OCH3 is 1. The van der Waals surface area contributed by atoms with Crippen LogP contribution in [-0.2, 0) is 9.53 Å². The molecule has 0 aliphatic carbocycles. The Labute approximate surface area is 72.9 Å². The predicted molar refractivity (Wildman–Crippen MR) is 45.8 cm³/mol. The fourth-order valence-corrected chi connectivity index (χ4v) is 0.818. The first-order valence-electron chi connectivity index (χ1n) is 4.15. The smallest absolute Gasteiger partial charge is 0.306 e. The molecule has 0 rings (SSSR count). The van der Waals surface area contributed by atoms with Crippen molar-refractivity contribution in [1.29, 1.82) is 0 Å². The maximum absolute atomic E-state index is 10.6. The number of hydrogen-bond acceptors (Lipinski definition) is 4. The van der Waals surface area contributed by atoms with Crippen LogP contribution in [0.2, 0.25) is 0 Å². The van der Waals surface area contributed by atoms with Gasteiger partial charge in [-0.05, 0) is 6.42 Å². The molecule has 0 amide bonds. The van der Waals surface area contributed by atoms with E-state index in [1.165, 1.54) is 7.11 Å². The molecule has 0 aliphatic rings. The van der Waals surface area contributed by atoms with E-state index in [-0.39, 0.29) is 18.6 Å². The lowest BCUT2D eigenvalue weighted by Crippen LogP contribution is -2.33. The molecule has 0 aromatic carbocycles. The Hall–Kier alpha value is -0.610. The van der Waals surface area contributed by atoms with E-state index in [1.54, 1.807) is 0 Å². The molecule has 0 saturated carbocycles. The number of aliphatic hydroxyl groups is 1. The van der Waals surface area contributed by atoms with Gasteiger partial charge in [-0.15, -0.1) is 0 Å². The third-order valence-electron chi connectivity index (χ3n) is 1.70. The van der Waals surface area contributed by atoms with Crippen molar-refractivity contribution < 1.29 is 14.6 Å². The van der Waals surface area contributed by atoms with Gasteiger partial charge in [-0.1, -0.05) is 6.92 Å². The van der Waals surface area contributed by atoms with Gasteiger partial charge in [-0.25, -0.2) is 0 Å². The summed E-state index contributed by atoms with van der Waals surface area (Å²) in [5.41, 5.74) is 0. The molecule has 72 valence electrons. The zero-order chi connectivity index (χ0) is 9.40. The van der Waals surface area contributed by atoms with Gasteiger partial charge in [0.25, 0.3) is 0 Å².